The molecule has 1 unspecified atom stereocenters. The second-order valence-corrected chi connectivity index (χ2v) is 5.64. The first-order chi connectivity index (χ1) is 9.17. The number of benzene rings is 1. The predicted octanol–water partition coefficient (Wildman–Crippen LogP) is 2.56. The van der Waals surface area contributed by atoms with Gasteiger partial charge in [0.05, 0.1) is 12.6 Å². The Morgan fingerprint density at radius 2 is 2.21 bits per heavy atom. The number of nitrogens with two attached hydrogens (primary N) is 1. The summed E-state index contributed by atoms with van der Waals surface area (Å²) in [6, 6.07) is 4.23. The summed E-state index contributed by atoms with van der Waals surface area (Å²) in [5.74, 6) is 1.60. The molecule has 1 atom stereocenters. The van der Waals surface area contributed by atoms with Crippen molar-refractivity contribution in [1.29, 1.82) is 0 Å². The van der Waals surface area contributed by atoms with Crippen LogP contribution in [0.3, 0.4) is 0 Å². The molecule has 0 radical (unpaired) electrons. The molecule has 1 aliphatic carbocycles. The second-order valence-electron chi connectivity index (χ2n) is 5.64. The average molecular weight is 258 g/mol. The standard InChI is InChI=1S/C16H22N2O/c1-10-4-7-14(19-3)16-15(10)12-8-11(9-17)5-6-13(12)18(16)2/h4,7,11H,5-6,8-9,17H2,1-3H3. The Bertz CT molecular complexity index is 627. The Balaban J connectivity index is 2.31. The Labute approximate surface area is 114 Å². The van der Waals surface area contributed by atoms with Crippen LogP contribution in [0.2, 0.25) is 0 Å². The highest BCUT2D eigenvalue weighted by Gasteiger charge is 2.25. The van der Waals surface area contributed by atoms with Gasteiger partial charge in [0, 0.05) is 18.1 Å². The fourth-order valence-corrected chi connectivity index (χ4v) is 3.50. The molecular weight excluding hydrogens is 236 g/mol. The van der Waals surface area contributed by atoms with Crippen LogP contribution in [0, 0.1) is 12.8 Å². The summed E-state index contributed by atoms with van der Waals surface area (Å²) in [6.45, 7) is 2.98. The topological polar surface area (TPSA) is 40.2 Å². The zero-order valence-corrected chi connectivity index (χ0v) is 12.0. The summed E-state index contributed by atoms with van der Waals surface area (Å²) in [7, 11) is 3.91. The van der Waals surface area contributed by atoms with Crippen molar-refractivity contribution in [2.75, 3.05) is 13.7 Å². The van der Waals surface area contributed by atoms with Gasteiger partial charge in [0.1, 0.15) is 5.75 Å². The van der Waals surface area contributed by atoms with E-state index in [4.69, 9.17) is 10.5 Å². The Morgan fingerprint density at radius 1 is 1.42 bits per heavy atom. The molecule has 2 aromatic rings. The van der Waals surface area contributed by atoms with Gasteiger partial charge in [-0.15, -0.1) is 0 Å². The van der Waals surface area contributed by atoms with E-state index in [9.17, 15) is 0 Å². The minimum Gasteiger partial charge on any atom is -0.495 e. The maximum absolute atomic E-state index is 5.87. The molecule has 3 nitrogen and oxygen atoms in total. The molecule has 0 aliphatic heterocycles. The van der Waals surface area contributed by atoms with Crippen LogP contribution in [0.5, 0.6) is 5.75 Å². The Hall–Kier alpha value is -1.48. The molecule has 0 fully saturated rings. The van der Waals surface area contributed by atoms with Crippen LogP contribution in [0.15, 0.2) is 12.1 Å². The molecule has 0 saturated carbocycles. The third-order valence-electron chi connectivity index (χ3n) is 4.58. The lowest BCUT2D eigenvalue weighted by atomic mass is 9.86. The maximum atomic E-state index is 5.87. The number of hydrogen-bond donors (Lipinski definition) is 1. The van der Waals surface area contributed by atoms with Gasteiger partial charge >= 0.3 is 0 Å². The van der Waals surface area contributed by atoms with E-state index in [1.165, 1.54) is 34.1 Å². The van der Waals surface area contributed by atoms with Crippen LogP contribution >= 0.6 is 0 Å². The molecule has 1 aromatic carbocycles. The maximum Gasteiger partial charge on any atom is 0.143 e. The molecule has 19 heavy (non-hydrogen) atoms. The number of hydrogen-bond acceptors (Lipinski definition) is 2. The van der Waals surface area contributed by atoms with Crippen LogP contribution in [0.1, 0.15) is 23.2 Å². The third-order valence-corrected chi connectivity index (χ3v) is 4.58. The van der Waals surface area contributed by atoms with Gasteiger partial charge in [-0.3, -0.25) is 0 Å². The molecule has 3 rings (SSSR count). The van der Waals surface area contributed by atoms with Crippen molar-refractivity contribution in [2.45, 2.75) is 26.2 Å². The van der Waals surface area contributed by atoms with Crippen molar-refractivity contribution in [3.63, 3.8) is 0 Å². The summed E-state index contributed by atoms with van der Waals surface area (Å²) in [4.78, 5) is 0. The van der Waals surface area contributed by atoms with E-state index in [0.717, 1.165) is 25.1 Å². The molecule has 0 amide bonds. The van der Waals surface area contributed by atoms with E-state index in [-0.39, 0.29) is 0 Å². The summed E-state index contributed by atoms with van der Waals surface area (Å²) in [5.41, 5.74) is 11.4. The number of ether oxygens (including phenoxy) is 1. The predicted molar refractivity (Wildman–Crippen MR) is 78.8 cm³/mol. The van der Waals surface area contributed by atoms with Gasteiger partial charge in [-0.05, 0) is 55.8 Å². The first kappa shape index (κ1) is 12.5. The Kier molecular flexibility index (Phi) is 3.02. The minimum atomic E-state index is 0.628. The average Bonchev–Trinajstić information content (AvgIpc) is 2.74. The van der Waals surface area contributed by atoms with Gasteiger partial charge < -0.3 is 15.0 Å². The van der Waals surface area contributed by atoms with Crippen molar-refractivity contribution in [1.82, 2.24) is 4.57 Å². The van der Waals surface area contributed by atoms with E-state index >= 15 is 0 Å². The fourth-order valence-electron chi connectivity index (χ4n) is 3.50. The van der Waals surface area contributed by atoms with Gasteiger partial charge in [0.15, 0.2) is 0 Å². The number of nitrogens with zero attached hydrogens (tertiary/aromatic N) is 1. The quantitative estimate of drug-likeness (QED) is 0.899. The molecule has 1 aliphatic rings. The highest BCUT2D eigenvalue weighted by molar-refractivity contribution is 5.93. The molecule has 3 heteroatoms. The highest BCUT2D eigenvalue weighted by atomic mass is 16.5. The Morgan fingerprint density at radius 3 is 2.89 bits per heavy atom. The minimum absolute atomic E-state index is 0.628. The van der Waals surface area contributed by atoms with E-state index in [1.807, 2.05) is 0 Å². The fraction of sp³-hybridized carbons (Fsp3) is 0.500. The van der Waals surface area contributed by atoms with E-state index in [1.54, 1.807) is 7.11 Å². The van der Waals surface area contributed by atoms with Crippen LogP contribution in [-0.4, -0.2) is 18.2 Å². The van der Waals surface area contributed by atoms with Crippen LogP contribution in [-0.2, 0) is 19.9 Å². The van der Waals surface area contributed by atoms with Crippen LogP contribution in [0.25, 0.3) is 10.9 Å². The SMILES string of the molecule is COc1ccc(C)c2c3c(n(C)c12)CCC(CN)C3. The largest absolute Gasteiger partial charge is 0.495 e. The van der Waals surface area contributed by atoms with Crippen molar-refractivity contribution < 1.29 is 4.74 Å². The molecule has 2 N–H and O–H groups in total. The van der Waals surface area contributed by atoms with Gasteiger partial charge in [-0.25, -0.2) is 0 Å². The monoisotopic (exact) mass is 258 g/mol. The number of methoxy groups -OCH3 is 1. The number of aryl methyl sites for hydroxylation is 2. The lowest BCUT2D eigenvalue weighted by molar-refractivity contribution is 0.417. The van der Waals surface area contributed by atoms with Gasteiger partial charge in [-0.2, -0.15) is 0 Å². The lowest BCUT2D eigenvalue weighted by Gasteiger charge is -2.22. The van der Waals surface area contributed by atoms with E-state index < -0.39 is 0 Å². The zero-order valence-electron chi connectivity index (χ0n) is 12.0. The number of aromatic nitrogens is 1. The molecule has 102 valence electrons. The summed E-state index contributed by atoms with van der Waals surface area (Å²) in [5, 5.41) is 1.38. The molecular formula is C16H22N2O. The summed E-state index contributed by atoms with van der Waals surface area (Å²) in [6.07, 6.45) is 3.44. The molecule has 1 aromatic heterocycles. The molecule has 1 heterocycles. The molecule has 0 bridgehead atoms. The van der Waals surface area contributed by atoms with Gasteiger partial charge in [0.2, 0.25) is 0 Å². The summed E-state index contributed by atoms with van der Waals surface area (Å²) >= 11 is 0. The van der Waals surface area contributed by atoms with Crippen LogP contribution in [0.4, 0.5) is 0 Å². The third kappa shape index (κ3) is 1.76. The van der Waals surface area contributed by atoms with Crippen LogP contribution < -0.4 is 10.5 Å². The first-order valence-electron chi connectivity index (χ1n) is 7.01. The van der Waals surface area contributed by atoms with Crippen molar-refractivity contribution in [2.24, 2.45) is 18.7 Å². The normalized spacial score (nSPS) is 18.6. The van der Waals surface area contributed by atoms with E-state index in [2.05, 4.69) is 30.7 Å². The zero-order chi connectivity index (χ0) is 13.6. The van der Waals surface area contributed by atoms with Crippen molar-refractivity contribution in [3.05, 3.63) is 29.0 Å². The van der Waals surface area contributed by atoms with Crippen molar-refractivity contribution in [3.8, 4) is 5.75 Å². The molecule has 0 spiro atoms. The lowest BCUT2D eigenvalue weighted by Crippen LogP contribution is -2.22. The first-order valence-corrected chi connectivity index (χ1v) is 7.01. The second kappa shape index (κ2) is 4.57. The number of fused-ring (bicyclic) bond motifs is 3. The van der Waals surface area contributed by atoms with Gasteiger partial charge in [-0.1, -0.05) is 6.07 Å². The highest BCUT2D eigenvalue weighted by Crippen LogP contribution is 2.39. The smallest absolute Gasteiger partial charge is 0.143 e. The molecule has 0 saturated heterocycles. The van der Waals surface area contributed by atoms with Crippen molar-refractivity contribution >= 4 is 10.9 Å². The van der Waals surface area contributed by atoms with E-state index in [0.29, 0.717) is 5.92 Å². The van der Waals surface area contributed by atoms with Gasteiger partial charge in [0.25, 0.3) is 0 Å². The summed E-state index contributed by atoms with van der Waals surface area (Å²) < 4.78 is 7.87. The number of rotatable bonds is 2.